The highest BCUT2D eigenvalue weighted by molar-refractivity contribution is 14.0. The summed E-state index contributed by atoms with van der Waals surface area (Å²) in [6, 6.07) is 5.05. The molecule has 0 radical (unpaired) electrons. The second kappa shape index (κ2) is 9.92. The van der Waals surface area contributed by atoms with E-state index in [0.29, 0.717) is 12.0 Å². The van der Waals surface area contributed by atoms with Crippen molar-refractivity contribution in [1.82, 2.24) is 15.1 Å². The summed E-state index contributed by atoms with van der Waals surface area (Å²) in [5.41, 5.74) is 0. The number of hydrogen-bond acceptors (Lipinski definition) is 3. The van der Waals surface area contributed by atoms with E-state index in [1.807, 2.05) is 18.4 Å². The van der Waals surface area contributed by atoms with Crippen LogP contribution in [0.2, 0.25) is 0 Å². The van der Waals surface area contributed by atoms with Crippen molar-refractivity contribution in [1.29, 1.82) is 0 Å². The average Bonchev–Trinajstić information content (AvgIpc) is 3.32. The molecule has 1 aliphatic carbocycles. The molecule has 1 saturated carbocycles. The van der Waals surface area contributed by atoms with Crippen LogP contribution in [0.15, 0.2) is 22.5 Å². The molecule has 0 spiro atoms. The van der Waals surface area contributed by atoms with Crippen molar-refractivity contribution in [2.45, 2.75) is 44.6 Å². The molecule has 0 amide bonds. The van der Waals surface area contributed by atoms with E-state index in [1.165, 1.54) is 63.0 Å². The third-order valence-electron chi connectivity index (χ3n) is 6.85. The number of guanidine groups is 1. The van der Waals surface area contributed by atoms with Crippen molar-refractivity contribution >= 4 is 41.3 Å². The second-order valence-corrected chi connectivity index (χ2v) is 9.46. The third-order valence-corrected chi connectivity index (χ3v) is 7.79. The Labute approximate surface area is 185 Å². The fourth-order valence-electron chi connectivity index (χ4n) is 5.52. The molecule has 2 saturated heterocycles. The van der Waals surface area contributed by atoms with Gasteiger partial charge < -0.3 is 10.2 Å². The zero-order valence-electron chi connectivity index (χ0n) is 16.8. The lowest BCUT2D eigenvalue weighted by atomic mass is 9.82. The van der Waals surface area contributed by atoms with Crippen LogP contribution < -0.4 is 5.32 Å². The van der Waals surface area contributed by atoms with Crippen molar-refractivity contribution in [2.24, 2.45) is 22.7 Å². The van der Waals surface area contributed by atoms with Crippen molar-refractivity contribution in [2.75, 3.05) is 40.3 Å². The molecule has 3 fully saturated rings. The number of aliphatic imine (C=N–C) groups is 1. The molecule has 6 heteroatoms. The van der Waals surface area contributed by atoms with Gasteiger partial charge in [0.1, 0.15) is 0 Å². The minimum atomic E-state index is 0. The van der Waals surface area contributed by atoms with Gasteiger partial charge in [-0.25, -0.2) is 0 Å². The van der Waals surface area contributed by atoms with Crippen molar-refractivity contribution in [3.8, 4) is 0 Å². The van der Waals surface area contributed by atoms with Crippen LogP contribution in [0.3, 0.4) is 0 Å². The summed E-state index contributed by atoms with van der Waals surface area (Å²) in [6.07, 6.45) is 8.31. The summed E-state index contributed by atoms with van der Waals surface area (Å²) in [6.45, 7) is 4.67. The molecule has 1 aromatic heterocycles. The first kappa shape index (κ1) is 21.4. The van der Waals surface area contributed by atoms with Gasteiger partial charge in [-0.2, -0.15) is 0 Å². The molecule has 3 aliphatic rings. The Morgan fingerprint density at radius 3 is 2.56 bits per heavy atom. The molecule has 4 unspecified atom stereocenters. The van der Waals surface area contributed by atoms with Crippen LogP contribution in [-0.2, 0) is 0 Å². The first-order valence-electron chi connectivity index (χ1n) is 10.5. The Morgan fingerprint density at radius 1 is 1.19 bits per heavy atom. The van der Waals surface area contributed by atoms with E-state index in [9.17, 15) is 0 Å². The lowest BCUT2D eigenvalue weighted by Gasteiger charge is -2.39. The van der Waals surface area contributed by atoms with E-state index in [-0.39, 0.29) is 24.0 Å². The Morgan fingerprint density at radius 2 is 1.93 bits per heavy atom. The van der Waals surface area contributed by atoms with Crippen molar-refractivity contribution in [3.05, 3.63) is 22.4 Å². The zero-order chi connectivity index (χ0) is 17.9. The van der Waals surface area contributed by atoms with Crippen LogP contribution in [0.5, 0.6) is 0 Å². The van der Waals surface area contributed by atoms with Gasteiger partial charge in [0.15, 0.2) is 5.96 Å². The summed E-state index contributed by atoms with van der Waals surface area (Å²) >= 11 is 1.91. The van der Waals surface area contributed by atoms with Gasteiger partial charge in [-0.1, -0.05) is 18.9 Å². The number of rotatable bonds is 3. The van der Waals surface area contributed by atoms with Gasteiger partial charge >= 0.3 is 0 Å². The molecule has 3 heterocycles. The van der Waals surface area contributed by atoms with Crippen LogP contribution in [0.4, 0.5) is 0 Å². The highest BCUT2D eigenvalue weighted by Crippen LogP contribution is 2.38. The normalized spacial score (nSPS) is 32.1. The maximum atomic E-state index is 4.64. The largest absolute Gasteiger partial charge is 0.356 e. The molecular weight excluding hydrogens is 467 g/mol. The predicted octanol–water partition coefficient (Wildman–Crippen LogP) is 4.45. The molecule has 152 valence electrons. The van der Waals surface area contributed by atoms with Crippen molar-refractivity contribution < 1.29 is 0 Å². The van der Waals surface area contributed by atoms with Crippen LogP contribution in [0.25, 0.3) is 0 Å². The van der Waals surface area contributed by atoms with Crippen LogP contribution >= 0.6 is 35.3 Å². The van der Waals surface area contributed by atoms with E-state index in [2.05, 4.69) is 44.7 Å². The standard InChI is InChI=1S/C21H34N4S.HI/c1-22-21(25-14-17-7-3-4-8-18(17)15-25)23-13-16-9-5-11-24(2)20(16)19-10-6-12-26-19;/h6,10,12,16-18,20H,3-5,7-9,11,13-15H2,1-2H3,(H,22,23);1H. The first-order chi connectivity index (χ1) is 12.8. The van der Waals surface area contributed by atoms with Gasteiger partial charge in [0.05, 0.1) is 0 Å². The average molecular weight is 503 g/mol. The third kappa shape index (κ3) is 4.81. The number of hydrogen-bond donors (Lipinski definition) is 1. The fourth-order valence-corrected chi connectivity index (χ4v) is 6.50. The summed E-state index contributed by atoms with van der Waals surface area (Å²) in [5, 5.41) is 5.97. The number of fused-ring (bicyclic) bond motifs is 1. The van der Waals surface area contributed by atoms with E-state index < -0.39 is 0 Å². The van der Waals surface area contributed by atoms with E-state index in [4.69, 9.17) is 0 Å². The predicted molar refractivity (Wildman–Crippen MR) is 126 cm³/mol. The van der Waals surface area contributed by atoms with Crippen molar-refractivity contribution in [3.63, 3.8) is 0 Å². The Kier molecular flexibility index (Phi) is 7.85. The molecule has 0 bridgehead atoms. The minimum Gasteiger partial charge on any atom is -0.356 e. The maximum Gasteiger partial charge on any atom is 0.193 e. The highest BCUT2D eigenvalue weighted by atomic mass is 127. The SMILES string of the molecule is CN=C(NCC1CCCN(C)C1c1cccs1)N1CC2CCCCC2C1.I. The molecule has 1 aromatic rings. The van der Waals surface area contributed by atoms with Gasteiger partial charge in [-0.05, 0) is 68.5 Å². The van der Waals surface area contributed by atoms with Gasteiger partial charge in [0, 0.05) is 37.6 Å². The van der Waals surface area contributed by atoms with Crippen LogP contribution in [0, 0.1) is 17.8 Å². The number of piperidine rings is 1. The molecule has 4 atom stereocenters. The smallest absolute Gasteiger partial charge is 0.193 e. The quantitative estimate of drug-likeness (QED) is 0.377. The van der Waals surface area contributed by atoms with Gasteiger partial charge in [0.25, 0.3) is 0 Å². The number of nitrogens with one attached hydrogen (secondary N) is 1. The van der Waals surface area contributed by atoms with Gasteiger partial charge in [0.2, 0.25) is 0 Å². The summed E-state index contributed by atoms with van der Waals surface area (Å²) in [5.74, 6) is 3.61. The summed E-state index contributed by atoms with van der Waals surface area (Å²) in [4.78, 5) is 11.2. The monoisotopic (exact) mass is 502 g/mol. The maximum absolute atomic E-state index is 4.64. The number of thiophene rings is 1. The molecular formula is C21H35IN4S. The summed E-state index contributed by atoms with van der Waals surface area (Å²) < 4.78 is 0. The molecule has 1 N–H and O–H groups in total. The number of likely N-dealkylation sites (tertiary alicyclic amines) is 2. The molecule has 4 rings (SSSR count). The van der Waals surface area contributed by atoms with Crippen LogP contribution in [-0.4, -0.2) is 56.0 Å². The van der Waals surface area contributed by atoms with Crippen LogP contribution in [0.1, 0.15) is 49.4 Å². The minimum absolute atomic E-state index is 0. The highest BCUT2D eigenvalue weighted by Gasteiger charge is 2.36. The zero-order valence-corrected chi connectivity index (χ0v) is 19.9. The number of halogens is 1. The molecule has 4 nitrogen and oxygen atoms in total. The lowest BCUT2D eigenvalue weighted by Crippen LogP contribution is -2.46. The van der Waals surface area contributed by atoms with E-state index in [1.54, 1.807) is 0 Å². The summed E-state index contributed by atoms with van der Waals surface area (Å²) in [7, 11) is 4.24. The second-order valence-electron chi connectivity index (χ2n) is 8.48. The number of nitrogens with zero attached hydrogens (tertiary/aromatic N) is 3. The van der Waals surface area contributed by atoms with Gasteiger partial charge in [-0.15, -0.1) is 35.3 Å². The lowest BCUT2D eigenvalue weighted by molar-refractivity contribution is 0.124. The van der Waals surface area contributed by atoms with Gasteiger partial charge in [-0.3, -0.25) is 9.89 Å². The Bertz CT molecular complexity index is 591. The molecule has 0 aromatic carbocycles. The fraction of sp³-hybridized carbons (Fsp3) is 0.762. The Balaban J connectivity index is 0.00000210. The van der Waals surface area contributed by atoms with E-state index in [0.717, 1.165) is 24.3 Å². The first-order valence-corrected chi connectivity index (χ1v) is 11.3. The Hall–Kier alpha value is -0.340. The topological polar surface area (TPSA) is 30.9 Å². The van der Waals surface area contributed by atoms with E-state index >= 15 is 0 Å². The molecule has 27 heavy (non-hydrogen) atoms. The molecule has 2 aliphatic heterocycles.